The molecule has 0 saturated heterocycles. The van der Waals surface area contributed by atoms with Gasteiger partial charge in [-0.25, -0.2) is 18.7 Å². The molecule has 0 spiro atoms. The van der Waals surface area contributed by atoms with E-state index in [1.807, 2.05) is 30.3 Å². The summed E-state index contributed by atoms with van der Waals surface area (Å²) in [7, 11) is 1.70. The summed E-state index contributed by atoms with van der Waals surface area (Å²) in [6.45, 7) is 0.381. The molecule has 4 rings (SSSR count). The first kappa shape index (κ1) is 20.3. The molecule has 2 aromatic carbocycles. The molecule has 31 heavy (non-hydrogen) atoms. The first-order valence-electron chi connectivity index (χ1n) is 9.58. The van der Waals surface area contributed by atoms with Gasteiger partial charge in [0.2, 0.25) is 0 Å². The number of aromatic nitrogens is 3. The van der Waals surface area contributed by atoms with Gasteiger partial charge < -0.3 is 10.2 Å². The fourth-order valence-corrected chi connectivity index (χ4v) is 3.16. The number of rotatable bonds is 6. The maximum absolute atomic E-state index is 13.2. The molecule has 1 N–H and O–H groups in total. The molecular formula is C23H19F2N5O. The summed E-state index contributed by atoms with van der Waals surface area (Å²) >= 11 is 0. The van der Waals surface area contributed by atoms with Crippen LogP contribution in [0.25, 0.3) is 10.9 Å². The third kappa shape index (κ3) is 4.48. The molecule has 156 valence electrons. The van der Waals surface area contributed by atoms with Crippen LogP contribution in [-0.4, -0.2) is 27.9 Å². The number of benzene rings is 2. The highest BCUT2D eigenvalue weighted by molar-refractivity contribution is 6.05. The number of hydrogen-bond donors (Lipinski definition) is 1. The predicted octanol–water partition coefficient (Wildman–Crippen LogP) is 4.85. The molecule has 0 fully saturated rings. The van der Waals surface area contributed by atoms with E-state index in [0.29, 0.717) is 28.8 Å². The summed E-state index contributed by atoms with van der Waals surface area (Å²) < 4.78 is 26.3. The van der Waals surface area contributed by atoms with E-state index in [4.69, 9.17) is 0 Å². The van der Waals surface area contributed by atoms with Gasteiger partial charge in [0.25, 0.3) is 12.3 Å². The number of para-hydroxylation sites is 1. The van der Waals surface area contributed by atoms with E-state index in [1.54, 1.807) is 54.7 Å². The number of halogens is 2. The molecule has 0 unspecified atom stereocenters. The standard InChI is InChI=1S/C23H19F2N5O/c1-30(23(31)16-10-12-26-13-11-16)17-8-6-15(7-9-17)14-27-21-18-4-2-3-5-19(18)28-22(29-21)20(24)25/h2-13,20H,14H2,1H3,(H,27,28,29). The number of alkyl halides is 2. The number of amides is 1. The Balaban J connectivity index is 1.50. The molecule has 1 amide bonds. The number of fused-ring (bicyclic) bond motifs is 1. The average molecular weight is 419 g/mol. The summed E-state index contributed by atoms with van der Waals surface area (Å²) in [5.41, 5.74) is 2.66. The molecule has 2 aromatic heterocycles. The molecule has 0 atom stereocenters. The third-order valence-electron chi connectivity index (χ3n) is 4.83. The minimum atomic E-state index is -2.75. The minimum absolute atomic E-state index is 0.139. The van der Waals surface area contributed by atoms with Crippen LogP contribution in [-0.2, 0) is 6.54 Å². The van der Waals surface area contributed by atoms with Crippen LogP contribution in [0.5, 0.6) is 0 Å². The van der Waals surface area contributed by atoms with Gasteiger partial charge in [-0.15, -0.1) is 0 Å². The highest BCUT2D eigenvalue weighted by Crippen LogP contribution is 2.25. The Morgan fingerprint density at radius 1 is 1.00 bits per heavy atom. The molecule has 0 bridgehead atoms. The normalized spacial score (nSPS) is 11.0. The van der Waals surface area contributed by atoms with E-state index in [-0.39, 0.29) is 5.91 Å². The van der Waals surface area contributed by atoms with Crippen LogP contribution in [0.1, 0.15) is 28.2 Å². The minimum Gasteiger partial charge on any atom is -0.365 e. The summed E-state index contributed by atoms with van der Waals surface area (Å²) in [4.78, 5) is 25.9. The highest BCUT2D eigenvalue weighted by atomic mass is 19.3. The van der Waals surface area contributed by atoms with Crippen LogP contribution >= 0.6 is 0 Å². The zero-order valence-electron chi connectivity index (χ0n) is 16.7. The van der Waals surface area contributed by atoms with E-state index in [1.165, 1.54) is 0 Å². The molecule has 0 radical (unpaired) electrons. The van der Waals surface area contributed by atoms with Crippen LogP contribution in [0, 0.1) is 0 Å². The predicted molar refractivity (Wildman–Crippen MR) is 115 cm³/mol. The van der Waals surface area contributed by atoms with Gasteiger partial charge >= 0.3 is 0 Å². The Labute approximate surface area is 177 Å². The van der Waals surface area contributed by atoms with E-state index in [2.05, 4.69) is 20.3 Å². The average Bonchev–Trinajstić information content (AvgIpc) is 2.82. The summed E-state index contributed by atoms with van der Waals surface area (Å²) in [5, 5.41) is 3.80. The molecule has 8 heteroatoms. The van der Waals surface area contributed by atoms with Crippen molar-refractivity contribution in [3.05, 3.63) is 90.0 Å². The number of nitrogens with zero attached hydrogens (tertiary/aromatic N) is 4. The van der Waals surface area contributed by atoms with Crippen LogP contribution in [0.2, 0.25) is 0 Å². The molecule has 6 nitrogen and oxygen atoms in total. The van der Waals surface area contributed by atoms with E-state index in [9.17, 15) is 13.6 Å². The second kappa shape index (κ2) is 8.83. The molecule has 0 aliphatic rings. The second-order valence-corrected chi connectivity index (χ2v) is 6.87. The van der Waals surface area contributed by atoms with Gasteiger partial charge in [-0.3, -0.25) is 9.78 Å². The van der Waals surface area contributed by atoms with Crippen LogP contribution in [0.15, 0.2) is 73.1 Å². The molecular weight excluding hydrogens is 400 g/mol. The van der Waals surface area contributed by atoms with Gasteiger partial charge in [0.15, 0.2) is 5.82 Å². The van der Waals surface area contributed by atoms with Crippen molar-refractivity contribution in [3.63, 3.8) is 0 Å². The number of pyridine rings is 1. The van der Waals surface area contributed by atoms with Crippen LogP contribution in [0.3, 0.4) is 0 Å². The Hall–Kier alpha value is -3.94. The third-order valence-corrected chi connectivity index (χ3v) is 4.83. The maximum atomic E-state index is 13.2. The largest absolute Gasteiger partial charge is 0.365 e. The van der Waals surface area contributed by atoms with Crippen molar-refractivity contribution in [3.8, 4) is 0 Å². The van der Waals surface area contributed by atoms with Gasteiger partial charge in [0, 0.05) is 42.6 Å². The smallest absolute Gasteiger partial charge is 0.297 e. The Bertz CT molecular complexity index is 1200. The Morgan fingerprint density at radius 2 is 1.71 bits per heavy atom. The van der Waals surface area contributed by atoms with Crippen molar-refractivity contribution in [1.82, 2.24) is 15.0 Å². The van der Waals surface area contributed by atoms with Gasteiger partial charge in [-0.05, 0) is 42.0 Å². The SMILES string of the molecule is CN(C(=O)c1ccncc1)c1ccc(CNc2nc(C(F)F)nc3ccccc23)cc1. The number of carbonyl (C=O) groups is 1. The van der Waals surface area contributed by atoms with Crippen molar-refractivity contribution in [2.24, 2.45) is 0 Å². The lowest BCUT2D eigenvalue weighted by molar-refractivity contribution is 0.0993. The van der Waals surface area contributed by atoms with Crippen molar-refractivity contribution in [1.29, 1.82) is 0 Å². The Kier molecular flexibility index (Phi) is 5.79. The fourth-order valence-electron chi connectivity index (χ4n) is 3.16. The number of hydrogen-bond acceptors (Lipinski definition) is 5. The fraction of sp³-hybridized carbons (Fsp3) is 0.130. The van der Waals surface area contributed by atoms with Gasteiger partial charge in [-0.2, -0.15) is 0 Å². The molecule has 0 saturated carbocycles. The number of nitrogens with one attached hydrogen (secondary N) is 1. The summed E-state index contributed by atoms with van der Waals surface area (Å²) in [6, 6.07) is 17.8. The van der Waals surface area contributed by atoms with Gasteiger partial charge in [0.05, 0.1) is 5.52 Å². The molecule has 0 aliphatic heterocycles. The Morgan fingerprint density at radius 3 is 2.42 bits per heavy atom. The van der Waals surface area contributed by atoms with Crippen LogP contribution in [0.4, 0.5) is 20.3 Å². The lowest BCUT2D eigenvalue weighted by atomic mass is 10.1. The van der Waals surface area contributed by atoms with Crippen molar-refractivity contribution in [2.45, 2.75) is 13.0 Å². The van der Waals surface area contributed by atoms with E-state index < -0.39 is 12.2 Å². The molecule has 2 heterocycles. The van der Waals surface area contributed by atoms with Gasteiger partial charge in [0.1, 0.15) is 5.82 Å². The number of carbonyl (C=O) groups excluding carboxylic acids is 1. The molecule has 0 aliphatic carbocycles. The number of anilines is 2. The quantitative estimate of drug-likeness (QED) is 0.484. The summed E-state index contributed by atoms with van der Waals surface area (Å²) in [6.07, 6.45) is 0.399. The lowest BCUT2D eigenvalue weighted by Gasteiger charge is -2.18. The van der Waals surface area contributed by atoms with Gasteiger partial charge in [-0.1, -0.05) is 24.3 Å². The first-order valence-corrected chi connectivity index (χ1v) is 9.58. The topological polar surface area (TPSA) is 71.0 Å². The van der Waals surface area contributed by atoms with Crippen molar-refractivity contribution in [2.75, 3.05) is 17.3 Å². The molecule has 4 aromatic rings. The maximum Gasteiger partial charge on any atom is 0.297 e. The zero-order chi connectivity index (χ0) is 21.8. The first-order chi connectivity index (χ1) is 15.0. The van der Waals surface area contributed by atoms with Crippen LogP contribution < -0.4 is 10.2 Å². The second-order valence-electron chi connectivity index (χ2n) is 6.87. The van der Waals surface area contributed by atoms with Crippen molar-refractivity contribution < 1.29 is 13.6 Å². The zero-order valence-corrected chi connectivity index (χ0v) is 16.7. The highest BCUT2D eigenvalue weighted by Gasteiger charge is 2.15. The van der Waals surface area contributed by atoms with Crippen molar-refractivity contribution >= 4 is 28.3 Å². The lowest BCUT2D eigenvalue weighted by Crippen LogP contribution is -2.26. The monoisotopic (exact) mass is 419 g/mol. The van der Waals surface area contributed by atoms with E-state index in [0.717, 1.165) is 11.3 Å². The summed E-state index contributed by atoms with van der Waals surface area (Å²) in [5.74, 6) is -0.289. The van der Waals surface area contributed by atoms with E-state index >= 15 is 0 Å².